The number of hydroxylamine groups is 1. The van der Waals surface area contributed by atoms with Crippen LogP contribution < -0.4 is 16.5 Å². The molecule has 1 aliphatic heterocycles. The maximum atomic E-state index is 12.2. The van der Waals surface area contributed by atoms with E-state index < -0.39 is 0 Å². The van der Waals surface area contributed by atoms with Crippen LogP contribution in [0.2, 0.25) is 0 Å². The topological polar surface area (TPSA) is 123 Å². The summed E-state index contributed by atoms with van der Waals surface area (Å²) in [5.74, 6) is -0.329. The van der Waals surface area contributed by atoms with Crippen molar-refractivity contribution in [3.05, 3.63) is 12.0 Å². The number of nitrogens with zero attached hydrogens (tertiary/aromatic N) is 1. The average Bonchev–Trinajstić information content (AvgIpc) is 3.10. The zero-order valence-electron chi connectivity index (χ0n) is 15.2. The molecule has 1 saturated carbocycles. The molecule has 1 aliphatic carbocycles. The zero-order chi connectivity index (χ0) is 18.9. The maximum Gasteiger partial charge on any atom is 0.278 e. The minimum absolute atomic E-state index is 0.0276. The monoisotopic (exact) mass is 368 g/mol. The molecule has 2 aliphatic rings. The van der Waals surface area contributed by atoms with Crippen LogP contribution in [0.15, 0.2) is 12.0 Å². The van der Waals surface area contributed by atoms with Crippen LogP contribution in [0, 0.1) is 11.8 Å². The molecule has 3 amide bonds. The Labute approximate surface area is 153 Å². The van der Waals surface area contributed by atoms with Crippen LogP contribution in [-0.2, 0) is 24.0 Å². The molecule has 2 atom stereocenters. The predicted octanol–water partition coefficient (Wildman–Crippen LogP) is 0.331. The number of unbranched alkanes of at least 4 members (excludes halogenated alkanes) is 1. The van der Waals surface area contributed by atoms with Gasteiger partial charge < -0.3 is 20.6 Å². The zero-order valence-corrected chi connectivity index (χ0v) is 15.2. The molecule has 0 saturated heterocycles. The van der Waals surface area contributed by atoms with Crippen molar-refractivity contribution in [3.63, 3.8) is 0 Å². The van der Waals surface area contributed by atoms with Gasteiger partial charge in [-0.15, -0.1) is 0 Å². The van der Waals surface area contributed by atoms with E-state index in [2.05, 4.69) is 10.7 Å². The molecule has 1 unspecified atom stereocenters. The van der Waals surface area contributed by atoms with E-state index in [1.807, 2.05) is 0 Å². The molecule has 0 spiro atoms. The first kappa shape index (κ1) is 20.0. The first-order valence-electron chi connectivity index (χ1n) is 9.03. The molecule has 0 bridgehead atoms. The summed E-state index contributed by atoms with van der Waals surface area (Å²) in [4.78, 5) is 40.7. The summed E-state index contributed by atoms with van der Waals surface area (Å²) in [6.07, 6.45) is 6.16. The van der Waals surface area contributed by atoms with Crippen LogP contribution >= 0.6 is 0 Å². The molecule has 26 heavy (non-hydrogen) atoms. The Morgan fingerprint density at radius 3 is 2.85 bits per heavy atom. The second-order valence-electron chi connectivity index (χ2n) is 6.66. The van der Waals surface area contributed by atoms with Crippen LogP contribution in [0.4, 0.5) is 0 Å². The van der Waals surface area contributed by atoms with Crippen molar-refractivity contribution in [3.8, 4) is 0 Å². The van der Waals surface area contributed by atoms with Crippen molar-refractivity contribution in [2.45, 2.75) is 44.9 Å². The van der Waals surface area contributed by atoms with E-state index in [1.54, 1.807) is 13.3 Å². The average molecular weight is 368 g/mol. The van der Waals surface area contributed by atoms with Gasteiger partial charge in [0.25, 0.3) is 5.91 Å². The fourth-order valence-corrected chi connectivity index (χ4v) is 3.18. The number of hydrogen-bond donors (Lipinski definition) is 3. The predicted molar refractivity (Wildman–Crippen MR) is 92.5 cm³/mol. The van der Waals surface area contributed by atoms with E-state index >= 15 is 0 Å². The molecule has 1 heterocycles. The Hall–Kier alpha value is -2.29. The number of carbonyl (C=O) groups excluding carboxylic acids is 3. The van der Waals surface area contributed by atoms with Gasteiger partial charge in [0.15, 0.2) is 5.76 Å². The van der Waals surface area contributed by atoms with Crippen molar-refractivity contribution in [1.29, 1.82) is 0 Å². The number of carbonyl (C=O) groups is 3. The Balaban J connectivity index is 1.57. The van der Waals surface area contributed by atoms with E-state index in [4.69, 9.17) is 15.3 Å². The summed E-state index contributed by atoms with van der Waals surface area (Å²) < 4.78 is 4.92. The molecule has 9 heteroatoms. The minimum atomic E-state index is -0.318. The van der Waals surface area contributed by atoms with Crippen LogP contribution in [0.5, 0.6) is 0 Å². The number of amides is 3. The van der Waals surface area contributed by atoms with Gasteiger partial charge in [-0.05, 0) is 32.1 Å². The van der Waals surface area contributed by atoms with Gasteiger partial charge in [0, 0.05) is 31.9 Å². The molecule has 9 nitrogen and oxygen atoms in total. The highest BCUT2D eigenvalue weighted by Crippen LogP contribution is 2.28. The molecular weight excluding hydrogens is 340 g/mol. The summed E-state index contributed by atoms with van der Waals surface area (Å²) in [7, 11) is 1.55. The maximum absolute atomic E-state index is 12.2. The molecule has 4 N–H and O–H groups in total. The summed E-state index contributed by atoms with van der Waals surface area (Å²) in [5, 5.41) is 3.97. The van der Waals surface area contributed by atoms with E-state index in [1.165, 1.54) is 0 Å². The summed E-state index contributed by atoms with van der Waals surface area (Å²) >= 11 is 0. The molecular formula is C17H28N4O5. The number of methoxy groups -OCH3 is 1. The van der Waals surface area contributed by atoms with Crippen LogP contribution in [0.25, 0.3) is 0 Å². The second kappa shape index (κ2) is 10.0. The standard InChI is InChI=1S/C17H28N4O5/c1-25-11-14-10-20-21(26-14)15(22)7-2-3-8-19-17(24)13-6-4-5-12(9-13)16(18)23/h10,12-13,20H,2-9,11H2,1H3,(H2,18,23)(H,19,24)/t12-,13?/m0/s1. The molecule has 146 valence electrons. The van der Waals surface area contributed by atoms with Gasteiger partial charge in [-0.2, -0.15) is 0 Å². The number of nitrogens with two attached hydrogens (primary N) is 1. The number of rotatable bonds is 9. The smallest absolute Gasteiger partial charge is 0.278 e. The SMILES string of the molecule is COCC1=CNN(C(=O)CCCCNC(=O)C2CCC[C@H](C(N)=O)C2)O1. The fourth-order valence-electron chi connectivity index (χ4n) is 3.18. The van der Waals surface area contributed by atoms with Crippen LogP contribution in [0.3, 0.4) is 0 Å². The van der Waals surface area contributed by atoms with Crippen molar-refractivity contribution < 1.29 is 24.0 Å². The Kier molecular flexibility index (Phi) is 7.71. The quantitative estimate of drug-likeness (QED) is 0.504. The number of hydrazine groups is 1. The van der Waals surface area contributed by atoms with E-state index in [0.29, 0.717) is 44.6 Å². The van der Waals surface area contributed by atoms with Gasteiger partial charge in [0.2, 0.25) is 11.8 Å². The van der Waals surface area contributed by atoms with Crippen LogP contribution in [-0.4, -0.2) is 43.2 Å². The summed E-state index contributed by atoms with van der Waals surface area (Å²) in [6, 6.07) is 0. The lowest BCUT2D eigenvalue weighted by molar-refractivity contribution is -0.177. The summed E-state index contributed by atoms with van der Waals surface area (Å²) in [5.41, 5.74) is 8.06. The molecule has 2 rings (SSSR count). The largest absolute Gasteiger partial charge is 0.377 e. The van der Waals surface area contributed by atoms with E-state index in [-0.39, 0.29) is 29.6 Å². The highest BCUT2D eigenvalue weighted by molar-refractivity contribution is 5.81. The van der Waals surface area contributed by atoms with Gasteiger partial charge in [-0.1, -0.05) is 11.6 Å². The Morgan fingerprint density at radius 2 is 2.12 bits per heavy atom. The van der Waals surface area contributed by atoms with Gasteiger partial charge in [0.05, 0.1) is 6.20 Å². The minimum Gasteiger partial charge on any atom is -0.377 e. The Bertz CT molecular complexity index is 551. The van der Waals surface area contributed by atoms with Gasteiger partial charge in [-0.3, -0.25) is 19.8 Å². The highest BCUT2D eigenvalue weighted by atomic mass is 16.7. The van der Waals surface area contributed by atoms with Gasteiger partial charge in [0.1, 0.15) is 6.61 Å². The van der Waals surface area contributed by atoms with Crippen molar-refractivity contribution in [2.75, 3.05) is 20.3 Å². The van der Waals surface area contributed by atoms with E-state index in [9.17, 15) is 14.4 Å². The third-order valence-corrected chi connectivity index (χ3v) is 4.63. The second-order valence-corrected chi connectivity index (χ2v) is 6.66. The molecule has 1 fully saturated rings. The number of ether oxygens (including phenoxy) is 1. The summed E-state index contributed by atoms with van der Waals surface area (Å²) in [6.45, 7) is 0.798. The van der Waals surface area contributed by atoms with Crippen molar-refractivity contribution in [1.82, 2.24) is 15.9 Å². The Morgan fingerprint density at radius 1 is 1.35 bits per heavy atom. The third-order valence-electron chi connectivity index (χ3n) is 4.63. The lowest BCUT2D eigenvalue weighted by Gasteiger charge is -2.26. The number of hydrogen-bond acceptors (Lipinski definition) is 6. The molecule has 0 radical (unpaired) electrons. The third kappa shape index (κ3) is 5.91. The number of nitrogens with one attached hydrogen (secondary N) is 2. The van der Waals surface area contributed by atoms with Crippen molar-refractivity contribution in [2.24, 2.45) is 17.6 Å². The first-order chi connectivity index (χ1) is 12.5. The number of primary amides is 1. The molecule has 0 aromatic heterocycles. The lowest BCUT2D eigenvalue weighted by Crippen LogP contribution is -2.37. The fraction of sp³-hybridized carbons (Fsp3) is 0.706. The van der Waals surface area contributed by atoms with Crippen molar-refractivity contribution >= 4 is 17.7 Å². The molecule has 0 aromatic rings. The normalized spacial score (nSPS) is 22.2. The lowest BCUT2D eigenvalue weighted by atomic mass is 9.80. The van der Waals surface area contributed by atoms with Gasteiger partial charge >= 0.3 is 0 Å². The highest BCUT2D eigenvalue weighted by Gasteiger charge is 2.29. The van der Waals surface area contributed by atoms with E-state index in [0.717, 1.165) is 24.4 Å². The van der Waals surface area contributed by atoms with Crippen LogP contribution in [0.1, 0.15) is 44.9 Å². The first-order valence-corrected chi connectivity index (χ1v) is 9.03. The molecule has 0 aromatic carbocycles. The van der Waals surface area contributed by atoms with Gasteiger partial charge in [-0.25, -0.2) is 0 Å².